The minimum absolute atomic E-state index is 0.119. The molecule has 1 aliphatic rings. The van der Waals surface area contributed by atoms with E-state index in [1.54, 1.807) is 0 Å². The Hall–Kier alpha value is -2.47. The van der Waals surface area contributed by atoms with Crippen LogP contribution < -0.4 is 10.2 Å². The molecule has 0 bridgehead atoms. The summed E-state index contributed by atoms with van der Waals surface area (Å²) in [6, 6.07) is 15.6. The summed E-state index contributed by atoms with van der Waals surface area (Å²) in [6.45, 7) is 2.17. The van der Waals surface area contributed by atoms with Crippen molar-refractivity contribution in [3.63, 3.8) is 0 Å². The first kappa shape index (κ1) is 20.3. The van der Waals surface area contributed by atoms with Gasteiger partial charge in [0.25, 0.3) is 5.91 Å². The third-order valence-electron chi connectivity index (χ3n) is 4.82. The van der Waals surface area contributed by atoms with Gasteiger partial charge in [0.05, 0.1) is 11.3 Å². The number of benzene rings is 2. The van der Waals surface area contributed by atoms with Crippen molar-refractivity contribution in [3.8, 4) is 0 Å². The van der Waals surface area contributed by atoms with Gasteiger partial charge in [-0.2, -0.15) is 0 Å². The van der Waals surface area contributed by atoms with Gasteiger partial charge >= 0.3 is 0 Å². The minimum atomic E-state index is -0.119. The van der Waals surface area contributed by atoms with E-state index in [0.29, 0.717) is 17.9 Å². The highest BCUT2D eigenvalue weighted by molar-refractivity contribution is 8.00. The lowest BCUT2D eigenvalue weighted by molar-refractivity contribution is -0.127. The zero-order chi connectivity index (χ0) is 19.9. The Labute approximate surface area is 171 Å². The number of anilines is 1. The third kappa shape index (κ3) is 5.29. The molecule has 0 spiro atoms. The van der Waals surface area contributed by atoms with Gasteiger partial charge in [0.1, 0.15) is 0 Å². The Morgan fingerprint density at radius 2 is 1.82 bits per heavy atom. The lowest BCUT2D eigenvalue weighted by atomic mass is 10.1. The maximum atomic E-state index is 12.7. The SMILES string of the molecule is CN(C)c1cccc(CNC(=O)c2ccccc2SCC(=O)N2CCCC2)c1. The van der Waals surface area contributed by atoms with E-state index in [9.17, 15) is 9.59 Å². The summed E-state index contributed by atoms with van der Waals surface area (Å²) in [5, 5.41) is 3.00. The Kier molecular flexibility index (Phi) is 6.98. The molecule has 0 atom stereocenters. The monoisotopic (exact) mass is 397 g/mol. The second-order valence-electron chi connectivity index (χ2n) is 7.12. The van der Waals surface area contributed by atoms with Gasteiger partial charge in [-0.1, -0.05) is 24.3 Å². The molecule has 0 aliphatic carbocycles. The van der Waals surface area contributed by atoms with E-state index in [-0.39, 0.29) is 11.8 Å². The Balaban J connectivity index is 1.60. The molecule has 0 saturated carbocycles. The van der Waals surface area contributed by atoms with Gasteiger partial charge in [0.2, 0.25) is 5.91 Å². The number of nitrogens with zero attached hydrogens (tertiary/aromatic N) is 2. The zero-order valence-corrected chi connectivity index (χ0v) is 17.3. The number of amides is 2. The first-order valence-electron chi connectivity index (χ1n) is 9.58. The summed E-state index contributed by atoms with van der Waals surface area (Å²) < 4.78 is 0. The molecule has 1 aliphatic heterocycles. The molecule has 28 heavy (non-hydrogen) atoms. The average Bonchev–Trinajstić information content (AvgIpc) is 3.25. The van der Waals surface area contributed by atoms with E-state index in [4.69, 9.17) is 0 Å². The van der Waals surface area contributed by atoms with Crippen molar-refractivity contribution in [2.75, 3.05) is 37.8 Å². The molecule has 148 valence electrons. The molecule has 1 saturated heterocycles. The molecule has 1 N–H and O–H groups in total. The number of hydrogen-bond donors (Lipinski definition) is 1. The summed E-state index contributed by atoms with van der Waals surface area (Å²) in [5.41, 5.74) is 2.77. The van der Waals surface area contributed by atoms with E-state index in [2.05, 4.69) is 11.4 Å². The van der Waals surface area contributed by atoms with Crippen LogP contribution in [0.25, 0.3) is 0 Å². The van der Waals surface area contributed by atoms with Gasteiger partial charge in [0.15, 0.2) is 0 Å². The topological polar surface area (TPSA) is 52.7 Å². The predicted octanol–water partition coefficient (Wildman–Crippen LogP) is 3.40. The summed E-state index contributed by atoms with van der Waals surface area (Å²) in [5.74, 6) is 0.403. The predicted molar refractivity (Wildman–Crippen MR) is 115 cm³/mol. The summed E-state index contributed by atoms with van der Waals surface area (Å²) in [7, 11) is 3.99. The van der Waals surface area contributed by atoms with Gasteiger partial charge in [-0.25, -0.2) is 0 Å². The molecule has 3 rings (SSSR count). The van der Waals surface area contributed by atoms with E-state index in [0.717, 1.165) is 42.1 Å². The Morgan fingerprint density at radius 1 is 1.07 bits per heavy atom. The smallest absolute Gasteiger partial charge is 0.252 e. The standard InChI is InChI=1S/C22H27N3O2S/c1-24(2)18-9-7-8-17(14-18)15-23-22(27)19-10-3-4-11-20(19)28-16-21(26)25-12-5-6-13-25/h3-4,7-11,14H,5-6,12-13,15-16H2,1-2H3,(H,23,27). The van der Waals surface area contributed by atoms with E-state index in [1.807, 2.05) is 66.4 Å². The van der Waals surface area contributed by atoms with Gasteiger partial charge < -0.3 is 15.1 Å². The van der Waals surface area contributed by atoms with Gasteiger partial charge in [0, 0.05) is 44.3 Å². The molecule has 2 amide bonds. The molecule has 2 aromatic carbocycles. The van der Waals surface area contributed by atoms with Crippen molar-refractivity contribution in [2.45, 2.75) is 24.3 Å². The highest BCUT2D eigenvalue weighted by Crippen LogP contribution is 2.24. The first-order chi connectivity index (χ1) is 13.5. The van der Waals surface area contributed by atoms with Crippen LogP contribution in [0.15, 0.2) is 53.4 Å². The van der Waals surface area contributed by atoms with E-state index >= 15 is 0 Å². The fourth-order valence-corrected chi connectivity index (χ4v) is 4.15. The van der Waals surface area contributed by atoms with Crippen LogP contribution in [0.2, 0.25) is 0 Å². The molecular weight excluding hydrogens is 370 g/mol. The average molecular weight is 398 g/mol. The number of likely N-dealkylation sites (tertiary alicyclic amines) is 1. The van der Waals surface area contributed by atoms with Crippen LogP contribution in [0.4, 0.5) is 5.69 Å². The molecule has 1 heterocycles. The number of thioether (sulfide) groups is 1. The minimum Gasteiger partial charge on any atom is -0.378 e. The maximum Gasteiger partial charge on any atom is 0.252 e. The van der Waals surface area contributed by atoms with E-state index in [1.165, 1.54) is 11.8 Å². The number of rotatable bonds is 7. The second-order valence-corrected chi connectivity index (χ2v) is 8.14. The van der Waals surface area contributed by atoms with E-state index < -0.39 is 0 Å². The first-order valence-corrected chi connectivity index (χ1v) is 10.6. The molecule has 5 nitrogen and oxygen atoms in total. The zero-order valence-electron chi connectivity index (χ0n) is 16.5. The molecule has 0 unspecified atom stereocenters. The lowest BCUT2D eigenvalue weighted by Gasteiger charge is -2.16. The second kappa shape index (κ2) is 9.64. The molecule has 6 heteroatoms. The number of hydrogen-bond acceptors (Lipinski definition) is 4. The normalized spacial score (nSPS) is 13.4. The molecule has 0 radical (unpaired) electrons. The molecular formula is C22H27N3O2S. The Morgan fingerprint density at radius 3 is 2.57 bits per heavy atom. The van der Waals surface area contributed by atoms with Gasteiger partial charge in [-0.3, -0.25) is 9.59 Å². The van der Waals surface area contributed by atoms with Crippen LogP contribution in [0.5, 0.6) is 0 Å². The fourth-order valence-electron chi connectivity index (χ4n) is 3.20. The van der Waals surface area contributed by atoms with Gasteiger partial charge in [-0.05, 0) is 42.7 Å². The van der Waals surface area contributed by atoms with Crippen LogP contribution in [0.3, 0.4) is 0 Å². The summed E-state index contributed by atoms with van der Waals surface area (Å²) in [4.78, 5) is 29.8. The van der Waals surface area contributed by atoms with Crippen LogP contribution in [-0.2, 0) is 11.3 Å². The molecule has 0 aromatic heterocycles. The highest BCUT2D eigenvalue weighted by atomic mass is 32.2. The van der Waals surface area contributed by atoms with Crippen LogP contribution in [0.1, 0.15) is 28.8 Å². The van der Waals surface area contributed by atoms with Crippen molar-refractivity contribution >= 4 is 29.3 Å². The third-order valence-corrected chi connectivity index (χ3v) is 5.88. The van der Waals surface area contributed by atoms with Crippen molar-refractivity contribution < 1.29 is 9.59 Å². The number of carbonyl (C=O) groups is 2. The van der Waals surface area contributed by atoms with Crippen LogP contribution in [-0.4, -0.2) is 49.7 Å². The van der Waals surface area contributed by atoms with Crippen molar-refractivity contribution in [1.82, 2.24) is 10.2 Å². The molecule has 2 aromatic rings. The van der Waals surface area contributed by atoms with Gasteiger partial charge in [-0.15, -0.1) is 11.8 Å². The molecule has 1 fully saturated rings. The van der Waals surface area contributed by atoms with Crippen molar-refractivity contribution in [2.24, 2.45) is 0 Å². The quantitative estimate of drug-likeness (QED) is 0.728. The Bertz CT molecular complexity index is 832. The summed E-state index contributed by atoms with van der Waals surface area (Å²) >= 11 is 1.44. The van der Waals surface area contributed by atoms with Crippen molar-refractivity contribution in [1.29, 1.82) is 0 Å². The van der Waals surface area contributed by atoms with Crippen LogP contribution >= 0.6 is 11.8 Å². The number of carbonyl (C=O) groups excluding carboxylic acids is 2. The van der Waals surface area contributed by atoms with Crippen molar-refractivity contribution in [3.05, 3.63) is 59.7 Å². The summed E-state index contributed by atoms with van der Waals surface area (Å²) in [6.07, 6.45) is 2.18. The maximum absolute atomic E-state index is 12.7. The fraction of sp³-hybridized carbons (Fsp3) is 0.364. The van der Waals surface area contributed by atoms with Crippen LogP contribution in [0, 0.1) is 0 Å². The largest absolute Gasteiger partial charge is 0.378 e. The lowest BCUT2D eigenvalue weighted by Crippen LogP contribution is -2.29. The highest BCUT2D eigenvalue weighted by Gasteiger charge is 2.19. The number of nitrogens with one attached hydrogen (secondary N) is 1.